The third kappa shape index (κ3) is 4.15. The van der Waals surface area contributed by atoms with Crippen LogP contribution >= 0.6 is 0 Å². The van der Waals surface area contributed by atoms with Gasteiger partial charge in [0.2, 0.25) is 0 Å². The van der Waals surface area contributed by atoms with Gasteiger partial charge in [0.15, 0.2) is 0 Å². The number of rotatable bonds is 6. The lowest BCUT2D eigenvalue weighted by Gasteiger charge is -2.17. The molecule has 0 saturated carbocycles. The van der Waals surface area contributed by atoms with Crippen LogP contribution < -0.4 is 5.32 Å². The smallest absolute Gasteiger partial charge is 0.255 e. The molecule has 1 atom stereocenters. The zero-order chi connectivity index (χ0) is 20.9. The normalized spacial score (nSPS) is 11.8. The molecule has 0 spiro atoms. The van der Waals surface area contributed by atoms with Crippen LogP contribution in [0.3, 0.4) is 0 Å². The second-order valence-electron chi connectivity index (χ2n) is 7.26. The van der Waals surface area contributed by atoms with E-state index in [4.69, 9.17) is 5.10 Å². The van der Waals surface area contributed by atoms with E-state index >= 15 is 0 Å². The van der Waals surface area contributed by atoms with Gasteiger partial charge in [0, 0.05) is 24.2 Å². The third-order valence-corrected chi connectivity index (χ3v) is 5.11. The van der Waals surface area contributed by atoms with Crippen molar-refractivity contribution in [2.45, 2.75) is 26.3 Å². The number of nitrogens with zero attached hydrogens (tertiary/aromatic N) is 3. The van der Waals surface area contributed by atoms with Gasteiger partial charge in [-0.15, -0.1) is 0 Å². The monoisotopic (exact) mass is 396 g/mol. The first-order valence-corrected chi connectivity index (χ1v) is 10.1. The highest BCUT2D eigenvalue weighted by Crippen LogP contribution is 2.25. The topological polar surface area (TPSA) is 59.8 Å². The Morgan fingerprint density at radius 3 is 2.47 bits per heavy atom. The van der Waals surface area contributed by atoms with Crippen molar-refractivity contribution in [2.24, 2.45) is 0 Å². The van der Waals surface area contributed by atoms with E-state index < -0.39 is 0 Å². The number of aromatic nitrogens is 3. The van der Waals surface area contributed by atoms with Gasteiger partial charge in [-0.1, -0.05) is 55.0 Å². The van der Waals surface area contributed by atoms with Crippen LogP contribution in [0.4, 0.5) is 0 Å². The molecule has 30 heavy (non-hydrogen) atoms. The average molecular weight is 396 g/mol. The lowest BCUT2D eigenvalue weighted by molar-refractivity contribution is 0.0936. The molecule has 0 aliphatic carbocycles. The first kappa shape index (κ1) is 19.6. The van der Waals surface area contributed by atoms with Crippen molar-refractivity contribution in [3.63, 3.8) is 0 Å². The summed E-state index contributed by atoms with van der Waals surface area (Å²) in [4.78, 5) is 17.5. The van der Waals surface area contributed by atoms with Crippen molar-refractivity contribution in [2.75, 3.05) is 0 Å². The SMILES string of the molecule is CCC(NC(=O)c1cn(-c2ccccc2)nc1-c1cccnc1)c1ccc(C)cc1. The van der Waals surface area contributed by atoms with Crippen LogP contribution in [0.2, 0.25) is 0 Å². The Morgan fingerprint density at radius 1 is 1.03 bits per heavy atom. The van der Waals surface area contributed by atoms with Gasteiger partial charge in [0.05, 0.1) is 17.3 Å². The molecule has 0 aliphatic heterocycles. The second kappa shape index (κ2) is 8.74. The zero-order valence-electron chi connectivity index (χ0n) is 17.1. The summed E-state index contributed by atoms with van der Waals surface area (Å²) in [5.41, 5.74) is 5.13. The van der Waals surface area contributed by atoms with E-state index in [2.05, 4.69) is 48.4 Å². The average Bonchev–Trinajstić information content (AvgIpc) is 3.25. The minimum Gasteiger partial charge on any atom is -0.345 e. The molecule has 5 heteroatoms. The number of pyridine rings is 1. The quantitative estimate of drug-likeness (QED) is 0.492. The van der Waals surface area contributed by atoms with Gasteiger partial charge in [-0.3, -0.25) is 9.78 Å². The van der Waals surface area contributed by atoms with E-state index in [1.54, 1.807) is 23.3 Å². The standard InChI is InChI=1S/C25H24N4O/c1-3-23(19-13-11-18(2)12-14-19)27-25(30)22-17-29(21-9-5-4-6-10-21)28-24(22)20-8-7-15-26-16-20/h4-17,23H,3H2,1-2H3,(H,27,30). The first-order chi connectivity index (χ1) is 14.7. The molecule has 2 heterocycles. The van der Waals surface area contributed by atoms with Crippen LogP contribution in [-0.2, 0) is 0 Å². The number of nitrogens with one attached hydrogen (secondary N) is 1. The number of hydrogen-bond acceptors (Lipinski definition) is 3. The van der Waals surface area contributed by atoms with Crippen molar-refractivity contribution in [3.05, 3.63) is 102 Å². The Kier molecular flexibility index (Phi) is 5.70. The van der Waals surface area contributed by atoms with E-state index in [1.165, 1.54) is 5.56 Å². The first-order valence-electron chi connectivity index (χ1n) is 10.1. The Labute approximate surface area is 176 Å². The summed E-state index contributed by atoms with van der Waals surface area (Å²) in [7, 11) is 0. The molecule has 0 bridgehead atoms. The Hall–Kier alpha value is -3.73. The minimum absolute atomic E-state index is 0.0695. The fraction of sp³-hybridized carbons (Fsp3) is 0.160. The van der Waals surface area contributed by atoms with Gasteiger partial charge < -0.3 is 5.32 Å². The van der Waals surface area contributed by atoms with E-state index in [0.717, 1.165) is 23.2 Å². The second-order valence-corrected chi connectivity index (χ2v) is 7.26. The molecule has 0 aliphatic rings. The lowest BCUT2D eigenvalue weighted by atomic mass is 10.0. The maximum absolute atomic E-state index is 13.3. The van der Waals surface area contributed by atoms with Gasteiger partial charge in [0.1, 0.15) is 5.69 Å². The van der Waals surface area contributed by atoms with E-state index in [1.807, 2.05) is 42.5 Å². The van der Waals surface area contributed by atoms with Gasteiger partial charge in [-0.25, -0.2) is 4.68 Å². The van der Waals surface area contributed by atoms with Gasteiger partial charge in [-0.05, 0) is 43.2 Å². The summed E-state index contributed by atoms with van der Waals surface area (Å²) in [6, 6.07) is 21.7. The van der Waals surface area contributed by atoms with Crippen LogP contribution in [0.15, 0.2) is 85.3 Å². The van der Waals surface area contributed by atoms with Crippen LogP contribution in [0, 0.1) is 6.92 Å². The molecule has 1 unspecified atom stereocenters. The van der Waals surface area contributed by atoms with Crippen molar-refractivity contribution in [1.29, 1.82) is 0 Å². The molecule has 0 radical (unpaired) electrons. The van der Waals surface area contributed by atoms with Crippen molar-refractivity contribution in [3.8, 4) is 16.9 Å². The van der Waals surface area contributed by atoms with Crippen LogP contribution in [-0.4, -0.2) is 20.7 Å². The number of benzene rings is 2. The molecule has 150 valence electrons. The van der Waals surface area contributed by atoms with Gasteiger partial charge >= 0.3 is 0 Å². The number of carbonyl (C=O) groups is 1. The fourth-order valence-electron chi connectivity index (χ4n) is 3.42. The Balaban J connectivity index is 1.70. The van der Waals surface area contributed by atoms with Crippen molar-refractivity contribution in [1.82, 2.24) is 20.1 Å². The highest BCUT2D eigenvalue weighted by molar-refractivity contribution is 6.00. The Morgan fingerprint density at radius 2 is 1.80 bits per heavy atom. The van der Waals surface area contributed by atoms with Crippen molar-refractivity contribution >= 4 is 5.91 Å². The summed E-state index contributed by atoms with van der Waals surface area (Å²) in [6.07, 6.45) is 6.02. The summed E-state index contributed by atoms with van der Waals surface area (Å²) in [5, 5.41) is 7.89. The summed E-state index contributed by atoms with van der Waals surface area (Å²) >= 11 is 0. The fourth-order valence-corrected chi connectivity index (χ4v) is 3.42. The number of hydrogen-bond donors (Lipinski definition) is 1. The molecular weight excluding hydrogens is 372 g/mol. The molecule has 1 N–H and O–H groups in total. The molecule has 1 amide bonds. The summed E-state index contributed by atoms with van der Waals surface area (Å²) < 4.78 is 1.74. The van der Waals surface area contributed by atoms with E-state index in [0.29, 0.717) is 11.3 Å². The zero-order valence-corrected chi connectivity index (χ0v) is 17.1. The summed E-state index contributed by atoms with van der Waals surface area (Å²) in [5.74, 6) is -0.150. The highest BCUT2D eigenvalue weighted by Gasteiger charge is 2.21. The van der Waals surface area contributed by atoms with Gasteiger partial charge in [0.25, 0.3) is 5.91 Å². The molecule has 5 nitrogen and oxygen atoms in total. The maximum atomic E-state index is 13.3. The number of para-hydroxylation sites is 1. The van der Waals surface area contributed by atoms with Gasteiger partial charge in [-0.2, -0.15) is 5.10 Å². The number of amides is 1. The molecular formula is C25H24N4O. The van der Waals surface area contributed by atoms with E-state index in [9.17, 15) is 4.79 Å². The maximum Gasteiger partial charge on any atom is 0.255 e. The minimum atomic E-state index is -0.150. The molecule has 0 fully saturated rings. The van der Waals surface area contributed by atoms with Crippen LogP contribution in [0.25, 0.3) is 16.9 Å². The number of aryl methyl sites for hydroxylation is 1. The van der Waals surface area contributed by atoms with Crippen LogP contribution in [0.5, 0.6) is 0 Å². The Bertz CT molecular complexity index is 1120. The molecule has 4 aromatic rings. The molecule has 0 saturated heterocycles. The molecule has 2 aromatic carbocycles. The van der Waals surface area contributed by atoms with Crippen LogP contribution in [0.1, 0.15) is 40.9 Å². The predicted molar refractivity (Wildman–Crippen MR) is 118 cm³/mol. The predicted octanol–water partition coefficient (Wildman–Crippen LogP) is 5.12. The lowest BCUT2D eigenvalue weighted by Crippen LogP contribution is -2.28. The van der Waals surface area contributed by atoms with E-state index in [-0.39, 0.29) is 11.9 Å². The highest BCUT2D eigenvalue weighted by atomic mass is 16.1. The number of carbonyl (C=O) groups excluding carboxylic acids is 1. The molecule has 4 rings (SSSR count). The van der Waals surface area contributed by atoms with Crippen molar-refractivity contribution < 1.29 is 4.79 Å². The summed E-state index contributed by atoms with van der Waals surface area (Å²) in [6.45, 7) is 4.13. The third-order valence-electron chi connectivity index (χ3n) is 5.11. The largest absolute Gasteiger partial charge is 0.345 e. The molecule has 2 aromatic heterocycles.